The quantitative estimate of drug-likeness (QED) is 0.604. The van der Waals surface area contributed by atoms with E-state index in [1.54, 1.807) is 23.5 Å². The molecule has 9 heteroatoms. The molecule has 0 unspecified atom stereocenters. The number of methoxy groups -OCH3 is 2. The van der Waals surface area contributed by atoms with Gasteiger partial charge in [-0.15, -0.1) is 11.3 Å². The zero-order valence-electron chi connectivity index (χ0n) is 17.3. The number of carbonyl (C=O) groups excluding carboxylic acids is 2. The lowest BCUT2D eigenvalue weighted by molar-refractivity contribution is -0.120. The Bertz CT molecular complexity index is 1070. The highest BCUT2D eigenvalue weighted by molar-refractivity contribution is 7.18. The summed E-state index contributed by atoms with van der Waals surface area (Å²) < 4.78 is 17.3. The van der Waals surface area contributed by atoms with Crippen LogP contribution >= 0.6 is 11.3 Å². The van der Waals surface area contributed by atoms with Crippen molar-refractivity contribution in [3.05, 3.63) is 47.0 Å². The predicted molar refractivity (Wildman–Crippen MR) is 117 cm³/mol. The van der Waals surface area contributed by atoms with Crippen LogP contribution in [0, 0.1) is 0 Å². The molecule has 8 nitrogen and oxygen atoms in total. The molecule has 1 saturated heterocycles. The molecule has 0 bridgehead atoms. The number of benzene rings is 2. The molecule has 0 radical (unpaired) electrons. The molecule has 162 valence electrons. The van der Waals surface area contributed by atoms with Crippen molar-refractivity contribution in [2.24, 2.45) is 5.73 Å². The highest BCUT2D eigenvalue weighted by Gasteiger charge is 2.33. The van der Waals surface area contributed by atoms with Crippen molar-refractivity contribution < 1.29 is 23.8 Å². The zero-order chi connectivity index (χ0) is 22.0. The highest BCUT2D eigenvalue weighted by atomic mass is 32.1. The molecule has 2 aromatic carbocycles. The van der Waals surface area contributed by atoms with Gasteiger partial charge in [0.25, 0.3) is 11.8 Å². The van der Waals surface area contributed by atoms with Crippen LogP contribution in [0.5, 0.6) is 17.2 Å². The van der Waals surface area contributed by atoms with Crippen LogP contribution in [-0.2, 0) is 4.79 Å². The molecular weight excluding hydrogens is 418 g/mol. The second kappa shape index (κ2) is 8.81. The van der Waals surface area contributed by atoms with E-state index in [0.717, 1.165) is 28.1 Å². The molecule has 1 aliphatic rings. The van der Waals surface area contributed by atoms with Crippen molar-refractivity contribution in [1.82, 2.24) is 9.88 Å². The summed E-state index contributed by atoms with van der Waals surface area (Å²) in [4.78, 5) is 31.1. The molecule has 2 amide bonds. The number of likely N-dealkylation sites (tertiary alicyclic amines) is 1. The summed E-state index contributed by atoms with van der Waals surface area (Å²) in [5, 5.41) is 0.937. The van der Waals surface area contributed by atoms with E-state index >= 15 is 0 Å². The molecule has 3 aromatic rings. The fourth-order valence-electron chi connectivity index (χ4n) is 3.75. The predicted octanol–water partition coefficient (Wildman–Crippen LogP) is 3.15. The number of fused-ring (bicyclic) bond motifs is 1. The van der Waals surface area contributed by atoms with Gasteiger partial charge in [-0.3, -0.25) is 9.59 Å². The molecule has 1 atom stereocenters. The number of nitrogens with two attached hydrogens (primary N) is 1. The smallest absolute Gasteiger partial charge is 0.255 e. The van der Waals surface area contributed by atoms with Crippen LogP contribution in [-0.4, -0.2) is 49.1 Å². The maximum Gasteiger partial charge on any atom is 0.255 e. The minimum absolute atomic E-state index is 0.0762. The lowest BCUT2D eigenvalue weighted by Gasteiger charge is -2.24. The first kappa shape index (κ1) is 20.9. The first-order valence-corrected chi connectivity index (χ1v) is 10.7. The van der Waals surface area contributed by atoms with Crippen molar-refractivity contribution in [3.8, 4) is 17.2 Å². The number of para-hydroxylation sites is 1. The zero-order valence-corrected chi connectivity index (χ0v) is 18.1. The largest absolute Gasteiger partial charge is 0.493 e. The molecule has 1 aliphatic heterocycles. The van der Waals surface area contributed by atoms with E-state index in [1.165, 1.54) is 14.2 Å². The summed E-state index contributed by atoms with van der Waals surface area (Å²) in [7, 11) is 2.92. The number of thiazole rings is 1. The van der Waals surface area contributed by atoms with Crippen molar-refractivity contribution in [3.63, 3.8) is 0 Å². The van der Waals surface area contributed by atoms with Gasteiger partial charge >= 0.3 is 0 Å². The minimum Gasteiger partial charge on any atom is -0.493 e. The normalized spacial score (nSPS) is 15.8. The minimum atomic E-state index is -0.625. The monoisotopic (exact) mass is 441 g/mol. The molecule has 1 fully saturated rings. The second-order valence-corrected chi connectivity index (χ2v) is 8.20. The Morgan fingerprint density at radius 1 is 1.19 bits per heavy atom. The summed E-state index contributed by atoms with van der Waals surface area (Å²) in [5.74, 6) is 0.0451. The van der Waals surface area contributed by atoms with Gasteiger partial charge in [-0.2, -0.15) is 0 Å². The van der Waals surface area contributed by atoms with Gasteiger partial charge in [-0.1, -0.05) is 12.1 Å². The summed E-state index contributed by atoms with van der Waals surface area (Å²) >= 11 is 1.62. The van der Waals surface area contributed by atoms with Crippen LogP contribution in [0.1, 0.15) is 34.2 Å². The number of primary amides is 1. The summed E-state index contributed by atoms with van der Waals surface area (Å²) in [6.07, 6.45) is 1.76. The van der Waals surface area contributed by atoms with E-state index in [2.05, 4.69) is 0 Å². The number of hydrogen-bond acceptors (Lipinski definition) is 7. The third-order valence-corrected chi connectivity index (χ3v) is 6.31. The molecule has 0 spiro atoms. The second-order valence-electron chi connectivity index (χ2n) is 7.14. The third-order valence-electron chi connectivity index (χ3n) is 5.18. The number of ether oxygens (including phenoxy) is 3. The van der Waals surface area contributed by atoms with E-state index in [4.69, 9.17) is 24.9 Å². The Hall–Kier alpha value is -3.33. The standard InChI is InChI=1S/C22H23N3O5S/c1-28-16-10-13(11-17(29-2)20(16)30-12-19(23)26)22(27)25-9-5-7-15(25)21-24-14-6-3-4-8-18(14)31-21/h3-4,6,8,10-11,15H,5,7,9,12H2,1-2H3,(H2,23,26)/t15-/m1/s1. The number of amides is 2. The number of carbonyl (C=O) groups is 2. The van der Waals surface area contributed by atoms with E-state index in [1.807, 2.05) is 29.2 Å². The van der Waals surface area contributed by atoms with Crippen molar-refractivity contribution in [2.75, 3.05) is 27.4 Å². The van der Waals surface area contributed by atoms with Crippen LogP contribution in [0.2, 0.25) is 0 Å². The highest BCUT2D eigenvalue weighted by Crippen LogP contribution is 2.41. The van der Waals surface area contributed by atoms with Gasteiger partial charge in [-0.05, 0) is 37.1 Å². The Balaban J connectivity index is 1.65. The van der Waals surface area contributed by atoms with Gasteiger partial charge in [0.1, 0.15) is 5.01 Å². The lowest BCUT2D eigenvalue weighted by atomic mass is 10.1. The fourth-order valence-corrected chi connectivity index (χ4v) is 4.87. The maximum atomic E-state index is 13.4. The number of nitrogens with zero attached hydrogens (tertiary/aromatic N) is 2. The SMILES string of the molecule is COc1cc(C(=O)N2CCC[C@@H]2c2nc3ccccc3s2)cc(OC)c1OCC(N)=O. The molecule has 2 heterocycles. The molecular formula is C22H23N3O5S. The van der Waals surface area contributed by atoms with Gasteiger partial charge < -0.3 is 24.8 Å². The fraction of sp³-hybridized carbons (Fsp3) is 0.318. The Labute approximate surface area is 183 Å². The molecule has 2 N–H and O–H groups in total. The summed E-state index contributed by atoms with van der Waals surface area (Å²) in [6, 6.07) is 11.1. The Morgan fingerprint density at radius 3 is 2.55 bits per heavy atom. The molecule has 1 aromatic heterocycles. The average molecular weight is 442 g/mol. The van der Waals surface area contributed by atoms with Crippen molar-refractivity contribution in [2.45, 2.75) is 18.9 Å². The molecule has 4 rings (SSSR count). The summed E-state index contributed by atoms with van der Waals surface area (Å²) in [5.41, 5.74) is 6.53. The van der Waals surface area contributed by atoms with E-state index in [-0.39, 0.29) is 24.3 Å². The van der Waals surface area contributed by atoms with Gasteiger partial charge in [0.05, 0.1) is 30.5 Å². The van der Waals surface area contributed by atoms with E-state index < -0.39 is 5.91 Å². The maximum absolute atomic E-state index is 13.4. The van der Waals surface area contributed by atoms with Gasteiger partial charge in [-0.25, -0.2) is 4.98 Å². The Kier molecular flexibility index (Phi) is 5.94. The number of aromatic nitrogens is 1. The van der Waals surface area contributed by atoms with Crippen molar-refractivity contribution >= 4 is 33.4 Å². The number of rotatable bonds is 7. The molecule has 0 aliphatic carbocycles. The molecule has 0 saturated carbocycles. The van der Waals surface area contributed by atoms with Gasteiger partial charge in [0, 0.05) is 12.1 Å². The van der Waals surface area contributed by atoms with Crippen LogP contribution in [0.4, 0.5) is 0 Å². The van der Waals surface area contributed by atoms with Gasteiger partial charge in [0.15, 0.2) is 18.1 Å². The average Bonchev–Trinajstić information content (AvgIpc) is 3.43. The topological polar surface area (TPSA) is 104 Å². The van der Waals surface area contributed by atoms with Crippen LogP contribution < -0.4 is 19.9 Å². The Morgan fingerprint density at radius 2 is 1.90 bits per heavy atom. The first-order chi connectivity index (χ1) is 15.0. The van der Waals surface area contributed by atoms with Gasteiger partial charge in [0.2, 0.25) is 5.75 Å². The summed E-state index contributed by atoms with van der Waals surface area (Å²) in [6.45, 7) is 0.315. The van der Waals surface area contributed by atoms with Crippen LogP contribution in [0.15, 0.2) is 36.4 Å². The molecule has 31 heavy (non-hydrogen) atoms. The van der Waals surface area contributed by atoms with Crippen molar-refractivity contribution in [1.29, 1.82) is 0 Å². The van der Waals surface area contributed by atoms with E-state index in [0.29, 0.717) is 23.6 Å². The third kappa shape index (κ3) is 4.13. The van der Waals surface area contributed by atoms with Crippen LogP contribution in [0.3, 0.4) is 0 Å². The number of hydrogen-bond donors (Lipinski definition) is 1. The first-order valence-electron chi connectivity index (χ1n) is 9.85. The van der Waals surface area contributed by atoms with Crippen LogP contribution in [0.25, 0.3) is 10.2 Å². The lowest BCUT2D eigenvalue weighted by Crippen LogP contribution is -2.30. The van der Waals surface area contributed by atoms with E-state index in [9.17, 15) is 9.59 Å².